The van der Waals surface area contributed by atoms with Crippen LogP contribution in [0.4, 0.5) is 0 Å². The molecule has 0 heterocycles. The molecule has 0 bridgehead atoms. The molecule has 0 unspecified atom stereocenters. The highest BCUT2D eigenvalue weighted by molar-refractivity contribution is 5.83. The molecule has 0 aliphatic rings. The van der Waals surface area contributed by atoms with E-state index >= 15 is 0 Å². The van der Waals surface area contributed by atoms with Gasteiger partial charge in [0.1, 0.15) is 23.8 Å². The van der Waals surface area contributed by atoms with Gasteiger partial charge in [0.25, 0.3) is 0 Å². The summed E-state index contributed by atoms with van der Waals surface area (Å²) in [7, 11) is 4.60. The summed E-state index contributed by atoms with van der Waals surface area (Å²) < 4.78 is 15.8. The summed E-state index contributed by atoms with van der Waals surface area (Å²) in [6, 6.07) is 10.8. The molecule has 1 amide bonds. The Morgan fingerprint density at radius 3 is 2.14 bits per heavy atom. The van der Waals surface area contributed by atoms with Gasteiger partial charge < -0.3 is 24.2 Å². The Morgan fingerprint density at radius 1 is 0.964 bits per heavy atom. The Hall–Kier alpha value is -3.22. The highest BCUT2D eigenvalue weighted by Crippen LogP contribution is 2.25. The van der Waals surface area contributed by atoms with Crippen LogP contribution in [0.25, 0.3) is 0 Å². The first kappa shape index (κ1) is 21.1. The van der Waals surface area contributed by atoms with Crippen molar-refractivity contribution in [2.24, 2.45) is 0 Å². The molecule has 0 aliphatic carbocycles. The van der Waals surface area contributed by atoms with Gasteiger partial charge in [0.05, 0.1) is 27.8 Å². The molecule has 0 fully saturated rings. The lowest BCUT2D eigenvalue weighted by Gasteiger charge is -2.22. The lowest BCUT2D eigenvalue weighted by Crippen LogP contribution is -2.36. The first-order chi connectivity index (χ1) is 13.4. The first-order valence-corrected chi connectivity index (χ1v) is 8.71. The van der Waals surface area contributed by atoms with Crippen LogP contribution in [0.2, 0.25) is 0 Å². The van der Waals surface area contributed by atoms with Crippen molar-refractivity contribution in [1.82, 2.24) is 4.90 Å². The summed E-state index contributed by atoms with van der Waals surface area (Å²) in [4.78, 5) is 25.5. The number of carboxylic acid groups (broad SMARTS) is 1. The van der Waals surface area contributed by atoms with E-state index in [0.29, 0.717) is 28.4 Å². The maximum absolute atomic E-state index is 12.9. The molecule has 1 N–H and O–H groups in total. The third-order valence-corrected chi connectivity index (χ3v) is 4.24. The number of ether oxygens (including phenoxy) is 3. The maximum atomic E-state index is 12.9. The number of carbonyl (C=O) groups is 2. The minimum absolute atomic E-state index is 0.0409. The molecule has 0 saturated carbocycles. The van der Waals surface area contributed by atoms with Crippen molar-refractivity contribution in [3.05, 3.63) is 53.1 Å². The average Bonchev–Trinajstić information content (AvgIpc) is 2.66. The van der Waals surface area contributed by atoms with Crippen LogP contribution in [-0.4, -0.2) is 49.8 Å². The number of hydrogen-bond donors (Lipinski definition) is 1. The van der Waals surface area contributed by atoms with Crippen molar-refractivity contribution in [3.63, 3.8) is 0 Å². The lowest BCUT2D eigenvalue weighted by molar-refractivity contribution is -0.144. The smallest absolute Gasteiger partial charge is 0.323 e. The third kappa shape index (κ3) is 5.64. The van der Waals surface area contributed by atoms with Gasteiger partial charge in [-0.05, 0) is 30.7 Å². The minimum atomic E-state index is -1.08. The number of aliphatic carboxylic acids is 1. The molecule has 0 spiro atoms. The molecule has 2 rings (SSSR count). The summed E-state index contributed by atoms with van der Waals surface area (Å²) in [5.74, 6) is 0.333. The zero-order valence-corrected chi connectivity index (χ0v) is 16.5. The monoisotopic (exact) mass is 387 g/mol. The number of amides is 1. The predicted molar refractivity (Wildman–Crippen MR) is 104 cm³/mol. The number of carbonyl (C=O) groups excluding carboxylic acids is 1. The molecule has 7 heteroatoms. The van der Waals surface area contributed by atoms with Crippen LogP contribution in [0, 0.1) is 6.92 Å². The van der Waals surface area contributed by atoms with Crippen molar-refractivity contribution in [3.8, 4) is 17.2 Å². The number of methoxy groups -OCH3 is 3. The second-order valence-corrected chi connectivity index (χ2v) is 6.36. The van der Waals surface area contributed by atoms with Crippen molar-refractivity contribution >= 4 is 11.9 Å². The average molecular weight is 387 g/mol. The van der Waals surface area contributed by atoms with Gasteiger partial charge in [0.15, 0.2) is 0 Å². The molecule has 0 aliphatic heterocycles. The number of benzene rings is 2. The maximum Gasteiger partial charge on any atom is 0.323 e. The van der Waals surface area contributed by atoms with Gasteiger partial charge in [-0.1, -0.05) is 17.7 Å². The van der Waals surface area contributed by atoms with Gasteiger partial charge in [0.2, 0.25) is 5.91 Å². The molecule has 2 aromatic rings. The van der Waals surface area contributed by atoms with Crippen LogP contribution in [0.15, 0.2) is 36.4 Å². The van der Waals surface area contributed by atoms with Gasteiger partial charge in [0, 0.05) is 18.2 Å². The van der Waals surface area contributed by atoms with E-state index in [0.717, 1.165) is 5.56 Å². The molecular formula is C21H25NO6. The standard InChI is InChI=1S/C21H25NO6/c1-14-5-6-19(28-4)16(7-14)10-20(23)22(13-21(24)25)12-15-8-17(26-2)11-18(9-15)27-3/h5-9,11H,10,12-13H2,1-4H3,(H,24,25). The first-order valence-electron chi connectivity index (χ1n) is 8.71. The van der Waals surface area contributed by atoms with Crippen LogP contribution in [0.5, 0.6) is 17.2 Å². The summed E-state index contributed by atoms with van der Waals surface area (Å²) in [6.07, 6.45) is 0.0409. The minimum Gasteiger partial charge on any atom is -0.497 e. The van der Waals surface area contributed by atoms with Crippen LogP contribution < -0.4 is 14.2 Å². The van der Waals surface area contributed by atoms with Crippen molar-refractivity contribution in [2.45, 2.75) is 19.9 Å². The SMILES string of the molecule is COc1cc(CN(CC(=O)O)C(=O)Cc2cc(C)ccc2OC)cc(OC)c1. The largest absolute Gasteiger partial charge is 0.497 e. The van der Waals surface area contributed by atoms with Crippen LogP contribution >= 0.6 is 0 Å². The normalized spacial score (nSPS) is 10.3. The zero-order valence-electron chi connectivity index (χ0n) is 16.5. The van der Waals surface area contributed by atoms with E-state index in [-0.39, 0.29) is 18.9 Å². The fraction of sp³-hybridized carbons (Fsp3) is 0.333. The molecule has 2 aromatic carbocycles. The zero-order chi connectivity index (χ0) is 20.7. The van der Waals surface area contributed by atoms with E-state index in [1.54, 1.807) is 24.3 Å². The van der Waals surface area contributed by atoms with Crippen molar-refractivity contribution in [1.29, 1.82) is 0 Å². The number of hydrogen-bond acceptors (Lipinski definition) is 5. The van der Waals surface area contributed by atoms with Gasteiger partial charge in [-0.15, -0.1) is 0 Å². The van der Waals surface area contributed by atoms with E-state index in [1.165, 1.54) is 26.2 Å². The lowest BCUT2D eigenvalue weighted by atomic mass is 10.1. The van der Waals surface area contributed by atoms with Gasteiger partial charge >= 0.3 is 5.97 Å². The number of aryl methyl sites for hydroxylation is 1. The number of nitrogens with zero attached hydrogens (tertiary/aromatic N) is 1. The summed E-state index contributed by atoms with van der Waals surface area (Å²) in [5.41, 5.74) is 2.42. The van der Waals surface area contributed by atoms with Crippen LogP contribution in [-0.2, 0) is 22.6 Å². The van der Waals surface area contributed by atoms with Gasteiger partial charge in [-0.25, -0.2) is 0 Å². The van der Waals surface area contributed by atoms with Crippen molar-refractivity contribution < 1.29 is 28.9 Å². The summed E-state index contributed by atoms with van der Waals surface area (Å²) >= 11 is 0. The van der Waals surface area contributed by atoms with E-state index in [1.807, 2.05) is 19.1 Å². The van der Waals surface area contributed by atoms with E-state index in [9.17, 15) is 14.7 Å². The Labute approximate surface area is 164 Å². The highest BCUT2D eigenvalue weighted by atomic mass is 16.5. The van der Waals surface area contributed by atoms with E-state index in [2.05, 4.69) is 0 Å². The molecular weight excluding hydrogens is 362 g/mol. The third-order valence-electron chi connectivity index (χ3n) is 4.24. The Bertz CT molecular complexity index is 827. The Balaban J connectivity index is 2.27. The van der Waals surface area contributed by atoms with Gasteiger partial charge in [-0.2, -0.15) is 0 Å². The number of carboxylic acids is 1. The molecule has 0 radical (unpaired) electrons. The fourth-order valence-electron chi connectivity index (χ4n) is 2.89. The topological polar surface area (TPSA) is 85.3 Å². The second-order valence-electron chi connectivity index (χ2n) is 6.36. The van der Waals surface area contributed by atoms with E-state index < -0.39 is 12.5 Å². The molecule has 0 atom stereocenters. The number of rotatable bonds is 9. The second kappa shape index (κ2) is 9.64. The molecule has 0 aromatic heterocycles. The Morgan fingerprint density at radius 2 is 1.61 bits per heavy atom. The quantitative estimate of drug-likeness (QED) is 0.712. The molecule has 28 heavy (non-hydrogen) atoms. The summed E-state index contributed by atoms with van der Waals surface area (Å²) in [6.45, 7) is 1.63. The predicted octanol–water partition coefficient (Wildman–Crippen LogP) is 2.68. The fourth-order valence-corrected chi connectivity index (χ4v) is 2.89. The summed E-state index contributed by atoms with van der Waals surface area (Å²) in [5, 5.41) is 9.26. The van der Waals surface area contributed by atoms with E-state index in [4.69, 9.17) is 14.2 Å². The van der Waals surface area contributed by atoms with Gasteiger partial charge in [-0.3, -0.25) is 9.59 Å². The molecule has 7 nitrogen and oxygen atoms in total. The highest BCUT2D eigenvalue weighted by Gasteiger charge is 2.20. The van der Waals surface area contributed by atoms with Crippen molar-refractivity contribution in [2.75, 3.05) is 27.9 Å². The molecule has 0 saturated heterocycles. The van der Waals surface area contributed by atoms with Crippen LogP contribution in [0.3, 0.4) is 0 Å². The molecule has 150 valence electrons. The van der Waals surface area contributed by atoms with Crippen LogP contribution in [0.1, 0.15) is 16.7 Å². The Kier molecular flexibility index (Phi) is 7.26.